The number of carbonyl (C=O) groups excluding carboxylic acids is 2. The Kier molecular flexibility index (Phi) is 5.91. The number of rotatable bonds is 7. The van der Waals surface area contributed by atoms with E-state index >= 15 is 0 Å². The van der Waals surface area contributed by atoms with Crippen molar-refractivity contribution in [1.29, 1.82) is 0 Å². The number of amides is 1. The van der Waals surface area contributed by atoms with Crippen LogP contribution in [0.15, 0.2) is 42.5 Å². The molecule has 0 saturated heterocycles. The summed E-state index contributed by atoms with van der Waals surface area (Å²) in [6.45, 7) is 5.46. The normalized spacial score (nSPS) is 13.5. The van der Waals surface area contributed by atoms with Crippen molar-refractivity contribution in [2.75, 3.05) is 0 Å². The molecule has 3 heteroatoms. The number of fused-ring (bicyclic) bond motifs is 1. The summed E-state index contributed by atoms with van der Waals surface area (Å²) < 4.78 is 0. The molecule has 0 radical (unpaired) electrons. The average molecular weight is 311 g/mol. The molecule has 23 heavy (non-hydrogen) atoms. The highest BCUT2D eigenvalue weighted by Gasteiger charge is 2.20. The summed E-state index contributed by atoms with van der Waals surface area (Å²) in [7, 11) is 0. The lowest BCUT2D eigenvalue weighted by atomic mass is 9.97. The Bertz CT molecular complexity index is 693. The number of benzene rings is 2. The van der Waals surface area contributed by atoms with E-state index in [0.29, 0.717) is 12.8 Å². The number of nitrogens with one attached hydrogen (secondary N) is 1. The summed E-state index contributed by atoms with van der Waals surface area (Å²) in [6, 6.07) is 14.1. The molecule has 0 aliphatic heterocycles. The van der Waals surface area contributed by atoms with Crippen molar-refractivity contribution in [3.8, 4) is 0 Å². The monoisotopic (exact) mass is 311 g/mol. The van der Waals surface area contributed by atoms with Crippen LogP contribution in [0.2, 0.25) is 0 Å². The molecule has 0 aromatic heterocycles. The quantitative estimate of drug-likeness (QED) is 0.843. The first kappa shape index (κ1) is 17.2. The molecule has 0 heterocycles. The first-order valence-corrected chi connectivity index (χ1v) is 8.29. The number of hydrogen-bond donors (Lipinski definition) is 1. The van der Waals surface area contributed by atoms with Gasteiger partial charge in [0.1, 0.15) is 0 Å². The minimum Gasteiger partial charge on any atom is -0.346 e. The van der Waals surface area contributed by atoms with E-state index in [4.69, 9.17) is 0 Å². The van der Waals surface area contributed by atoms with Gasteiger partial charge in [-0.25, -0.2) is 0 Å². The van der Waals surface area contributed by atoms with E-state index in [0.717, 1.165) is 12.0 Å². The van der Waals surface area contributed by atoms with Crippen molar-refractivity contribution in [3.63, 3.8) is 0 Å². The zero-order valence-corrected chi connectivity index (χ0v) is 14.1. The lowest BCUT2D eigenvalue weighted by Gasteiger charge is -2.18. The molecule has 0 bridgehead atoms. The van der Waals surface area contributed by atoms with Gasteiger partial charge in [0, 0.05) is 5.92 Å². The summed E-state index contributed by atoms with van der Waals surface area (Å²) in [5, 5.41) is 5.27. The highest BCUT2D eigenvalue weighted by molar-refractivity contribution is 5.88. The molecule has 0 fully saturated rings. The fourth-order valence-corrected chi connectivity index (χ4v) is 2.79. The van der Waals surface area contributed by atoms with Crippen LogP contribution in [0.4, 0.5) is 0 Å². The van der Waals surface area contributed by atoms with Crippen LogP contribution < -0.4 is 5.32 Å². The van der Waals surface area contributed by atoms with Gasteiger partial charge in [0.25, 0.3) is 0 Å². The molecule has 0 spiro atoms. The van der Waals surface area contributed by atoms with Crippen molar-refractivity contribution in [3.05, 3.63) is 48.0 Å². The van der Waals surface area contributed by atoms with Gasteiger partial charge in [0.2, 0.25) is 5.91 Å². The molecule has 0 unspecified atom stereocenters. The molecule has 1 N–H and O–H groups in total. The molecule has 2 atom stereocenters. The van der Waals surface area contributed by atoms with Gasteiger partial charge in [-0.3, -0.25) is 9.59 Å². The molecule has 2 rings (SSSR count). The standard InChI is InChI=1S/C20H25NO2/c1-4-7-19(15(3)22)21-20(23)14(2)12-16-10-11-17-8-5-6-9-18(17)13-16/h5-6,8-11,13-14,19H,4,7,12H2,1-3H3,(H,21,23)/t14-,19-/m0/s1. The topological polar surface area (TPSA) is 46.2 Å². The predicted octanol–water partition coefficient (Wildman–Crippen LogP) is 3.89. The Morgan fingerprint density at radius 2 is 1.78 bits per heavy atom. The summed E-state index contributed by atoms with van der Waals surface area (Å²) in [4.78, 5) is 23.9. The number of ketones is 1. The molecule has 0 aliphatic rings. The van der Waals surface area contributed by atoms with Crippen molar-refractivity contribution >= 4 is 22.5 Å². The van der Waals surface area contributed by atoms with Crippen LogP contribution in [0.25, 0.3) is 10.8 Å². The largest absolute Gasteiger partial charge is 0.346 e. The van der Waals surface area contributed by atoms with Gasteiger partial charge in [-0.15, -0.1) is 0 Å². The van der Waals surface area contributed by atoms with E-state index in [2.05, 4.69) is 35.6 Å². The maximum atomic E-state index is 12.3. The van der Waals surface area contributed by atoms with Crippen LogP contribution in [-0.4, -0.2) is 17.7 Å². The van der Waals surface area contributed by atoms with Crippen LogP contribution in [0, 0.1) is 5.92 Å². The first-order valence-electron chi connectivity index (χ1n) is 8.29. The van der Waals surface area contributed by atoms with Crippen molar-refractivity contribution in [2.45, 2.75) is 46.1 Å². The Morgan fingerprint density at radius 3 is 2.43 bits per heavy atom. The number of Topliss-reactive ketones (excluding diaryl/α,β-unsaturated/α-hetero) is 1. The molecule has 0 saturated carbocycles. The first-order chi connectivity index (χ1) is 11.0. The van der Waals surface area contributed by atoms with Crippen LogP contribution >= 0.6 is 0 Å². The Labute approximate surface area is 138 Å². The predicted molar refractivity (Wildman–Crippen MR) is 94.3 cm³/mol. The van der Waals surface area contributed by atoms with Crippen LogP contribution in [-0.2, 0) is 16.0 Å². The molecule has 122 valence electrons. The number of hydrogen-bond acceptors (Lipinski definition) is 2. The maximum Gasteiger partial charge on any atom is 0.223 e. The van der Waals surface area contributed by atoms with Gasteiger partial charge >= 0.3 is 0 Å². The second kappa shape index (κ2) is 7.91. The van der Waals surface area contributed by atoms with Gasteiger partial charge in [-0.2, -0.15) is 0 Å². The third-order valence-corrected chi connectivity index (χ3v) is 4.19. The molecule has 2 aromatic carbocycles. The minimum atomic E-state index is -0.355. The molecular weight excluding hydrogens is 286 g/mol. The third-order valence-electron chi connectivity index (χ3n) is 4.19. The van der Waals surface area contributed by atoms with E-state index < -0.39 is 0 Å². The fourth-order valence-electron chi connectivity index (χ4n) is 2.79. The molecular formula is C20H25NO2. The second-order valence-electron chi connectivity index (χ2n) is 6.25. The van der Waals surface area contributed by atoms with Gasteiger partial charge in [0.15, 0.2) is 5.78 Å². The van der Waals surface area contributed by atoms with Crippen LogP contribution in [0.3, 0.4) is 0 Å². The Morgan fingerprint density at radius 1 is 1.09 bits per heavy atom. The Balaban J connectivity index is 2.02. The van der Waals surface area contributed by atoms with Crippen LogP contribution in [0.5, 0.6) is 0 Å². The molecule has 2 aromatic rings. The van der Waals surface area contributed by atoms with Crippen LogP contribution in [0.1, 0.15) is 39.2 Å². The summed E-state index contributed by atoms with van der Waals surface area (Å²) in [6.07, 6.45) is 2.25. The average Bonchev–Trinajstić information content (AvgIpc) is 2.54. The van der Waals surface area contributed by atoms with Crippen molar-refractivity contribution in [2.24, 2.45) is 5.92 Å². The third kappa shape index (κ3) is 4.65. The SMILES string of the molecule is CCC[C@H](NC(=O)[C@@H](C)Cc1ccc2ccccc2c1)C(C)=O. The van der Waals surface area contributed by atoms with E-state index in [1.807, 2.05) is 26.0 Å². The zero-order chi connectivity index (χ0) is 16.8. The second-order valence-corrected chi connectivity index (χ2v) is 6.25. The van der Waals surface area contributed by atoms with E-state index in [9.17, 15) is 9.59 Å². The zero-order valence-electron chi connectivity index (χ0n) is 14.1. The van der Waals surface area contributed by atoms with Gasteiger partial charge in [0.05, 0.1) is 6.04 Å². The molecule has 3 nitrogen and oxygen atoms in total. The highest BCUT2D eigenvalue weighted by atomic mass is 16.2. The highest BCUT2D eigenvalue weighted by Crippen LogP contribution is 2.18. The van der Waals surface area contributed by atoms with Gasteiger partial charge in [-0.05, 0) is 36.1 Å². The van der Waals surface area contributed by atoms with E-state index in [1.165, 1.54) is 17.7 Å². The number of carbonyl (C=O) groups is 2. The van der Waals surface area contributed by atoms with Crippen molar-refractivity contribution in [1.82, 2.24) is 5.32 Å². The lowest BCUT2D eigenvalue weighted by Crippen LogP contribution is -2.42. The van der Waals surface area contributed by atoms with Gasteiger partial charge < -0.3 is 5.32 Å². The van der Waals surface area contributed by atoms with Crippen molar-refractivity contribution < 1.29 is 9.59 Å². The summed E-state index contributed by atoms with van der Waals surface area (Å²) >= 11 is 0. The molecule has 1 amide bonds. The van der Waals surface area contributed by atoms with Gasteiger partial charge in [-0.1, -0.05) is 62.7 Å². The van der Waals surface area contributed by atoms with E-state index in [-0.39, 0.29) is 23.7 Å². The minimum absolute atomic E-state index is 0.0260. The summed E-state index contributed by atoms with van der Waals surface area (Å²) in [5.41, 5.74) is 1.14. The molecule has 0 aliphatic carbocycles. The summed E-state index contributed by atoms with van der Waals surface area (Å²) in [5.74, 6) is -0.181. The maximum absolute atomic E-state index is 12.3. The Hall–Kier alpha value is -2.16. The smallest absolute Gasteiger partial charge is 0.223 e. The van der Waals surface area contributed by atoms with E-state index in [1.54, 1.807) is 0 Å². The fraction of sp³-hybridized carbons (Fsp3) is 0.400. The lowest BCUT2D eigenvalue weighted by molar-refractivity contribution is -0.129.